The van der Waals surface area contributed by atoms with Crippen LogP contribution >= 0.6 is 11.3 Å². The summed E-state index contributed by atoms with van der Waals surface area (Å²) in [6.45, 7) is 3.18. The van der Waals surface area contributed by atoms with E-state index in [1.54, 1.807) is 18.4 Å². The molecule has 3 heterocycles. The second-order valence-corrected chi connectivity index (χ2v) is 7.63. The van der Waals surface area contributed by atoms with E-state index in [1.165, 1.54) is 0 Å². The standard InChI is InChI=1S/C20H21N3O3S/c1-12-21-18(23-9-3-4-14(10-23)20(24)25)17-16(11-27-19(17)22-12)13-5-7-15(26-2)8-6-13/h5-8,11,14H,3-4,9-10H2,1-2H3,(H,24,25). The van der Waals surface area contributed by atoms with E-state index in [-0.39, 0.29) is 5.92 Å². The number of aliphatic carboxylic acids is 1. The molecule has 6 nitrogen and oxygen atoms in total. The number of rotatable bonds is 4. The van der Waals surface area contributed by atoms with Gasteiger partial charge in [0, 0.05) is 24.0 Å². The number of methoxy groups -OCH3 is 1. The number of anilines is 1. The van der Waals surface area contributed by atoms with Crippen LogP contribution in [0.1, 0.15) is 18.7 Å². The number of nitrogens with zero attached hydrogens (tertiary/aromatic N) is 3. The average molecular weight is 383 g/mol. The van der Waals surface area contributed by atoms with Gasteiger partial charge in [0.1, 0.15) is 22.2 Å². The molecular formula is C20H21N3O3S. The molecule has 0 bridgehead atoms. The molecule has 1 unspecified atom stereocenters. The smallest absolute Gasteiger partial charge is 0.308 e. The van der Waals surface area contributed by atoms with Crippen molar-refractivity contribution in [3.63, 3.8) is 0 Å². The molecule has 1 aliphatic heterocycles. The molecule has 27 heavy (non-hydrogen) atoms. The Labute approximate surface area is 161 Å². The van der Waals surface area contributed by atoms with Gasteiger partial charge in [-0.05, 0) is 37.5 Å². The molecule has 0 spiro atoms. The van der Waals surface area contributed by atoms with Crippen LogP contribution in [-0.2, 0) is 4.79 Å². The maximum Gasteiger partial charge on any atom is 0.308 e. The number of carboxylic acids is 1. The van der Waals surface area contributed by atoms with Crippen LogP contribution in [0, 0.1) is 12.8 Å². The maximum atomic E-state index is 11.5. The summed E-state index contributed by atoms with van der Waals surface area (Å²) in [7, 11) is 1.65. The number of hydrogen-bond donors (Lipinski definition) is 1. The highest BCUT2D eigenvalue weighted by Gasteiger charge is 2.28. The van der Waals surface area contributed by atoms with Gasteiger partial charge in [0.25, 0.3) is 0 Å². The molecule has 1 aliphatic rings. The summed E-state index contributed by atoms with van der Waals surface area (Å²) in [5.74, 6) is 1.27. The van der Waals surface area contributed by atoms with Crippen LogP contribution in [-0.4, -0.2) is 41.2 Å². The van der Waals surface area contributed by atoms with Crippen molar-refractivity contribution in [3.8, 4) is 16.9 Å². The van der Waals surface area contributed by atoms with Crippen molar-refractivity contribution in [2.24, 2.45) is 5.92 Å². The molecule has 1 saturated heterocycles. The number of ether oxygens (including phenoxy) is 1. The lowest BCUT2D eigenvalue weighted by Crippen LogP contribution is -2.39. The largest absolute Gasteiger partial charge is 0.497 e. The summed E-state index contributed by atoms with van der Waals surface area (Å²) in [5, 5.41) is 12.5. The van der Waals surface area contributed by atoms with Crippen LogP contribution in [0.2, 0.25) is 0 Å². The van der Waals surface area contributed by atoms with Crippen LogP contribution in [0.5, 0.6) is 5.75 Å². The predicted octanol–water partition coefficient (Wildman–Crippen LogP) is 3.98. The van der Waals surface area contributed by atoms with E-state index in [9.17, 15) is 9.90 Å². The number of benzene rings is 1. The van der Waals surface area contributed by atoms with Crippen LogP contribution in [0.15, 0.2) is 29.6 Å². The Bertz CT molecular complexity index is 984. The summed E-state index contributed by atoms with van der Waals surface area (Å²) in [4.78, 5) is 23.9. The SMILES string of the molecule is COc1ccc(-c2csc3nc(C)nc(N4CCCC(C(=O)O)C4)c23)cc1. The first-order valence-electron chi connectivity index (χ1n) is 8.95. The third-order valence-corrected chi connectivity index (χ3v) is 5.87. The summed E-state index contributed by atoms with van der Waals surface area (Å²) < 4.78 is 5.26. The lowest BCUT2D eigenvalue weighted by atomic mass is 9.97. The average Bonchev–Trinajstić information content (AvgIpc) is 3.11. The molecule has 140 valence electrons. The van der Waals surface area contributed by atoms with E-state index < -0.39 is 5.97 Å². The van der Waals surface area contributed by atoms with Crippen LogP contribution < -0.4 is 9.64 Å². The van der Waals surface area contributed by atoms with Gasteiger partial charge < -0.3 is 14.7 Å². The molecular weight excluding hydrogens is 362 g/mol. The van der Waals surface area contributed by atoms with Gasteiger partial charge in [0.2, 0.25) is 0 Å². The number of fused-ring (bicyclic) bond motifs is 1. The topological polar surface area (TPSA) is 75.6 Å². The maximum absolute atomic E-state index is 11.5. The summed E-state index contributed by atoms with van der Waals surface area (Å²) in [6.07, 6.45) is 1.57. The van der Waals surface area contributed by atoms with E-state index >= 15 is 0 Å². The van der Waals surface area contributed by atoms with Crippen molar-refractivity contribution in [3.05, 3.63) is 35.5 Å². The summed E-state index contributed by atoms with van der Waals surface area (Å²) in [5.41, 5.74) is 2.15. The van der Waals surface area contributed by atoms with Crippen molar-refractivity contribution >= 4 is 33.3 Å². The molecule has 1 aromatic carbocycles. The first-order valence-corrected chi connectivity index (χ1v) is 9.83. The molecule has 3 aromatic rings. The molecule has 0 amide bonds. The number of carbonyl (C=O) groups is 1. The first kappa shape index (κ1) is 17.7. The zero-order chi connectivity index (χ0) is 19.0. The van der Waals surface area contributed by atoms with E-state index in [1.807, 2.05) is 31.2 Å². The van der Waals surface area contributed by atoms with Gasteiger partial charge in [-0.2, -0.15) is 0 Å². The van der Waals surface area contributed by atoms with E-state index in [0.29, 0.717) is 18.8 Å². The molecule has 7 heteroatoms. The van der Waals surface area contributed by atoms with Gasteiger partial charge >= 0.3 is 5.97 Å². The van der Waals surface area contributed by atoms with Crippen LogP contribution in [0.25, 0.3) is 21.3 Å². The number of thiophene rings is 1. The Morgan fingerprint density at radius 2 is 2.07 bits per heavy atom. The fraction of sp³-hybridized carbons (Fsp3) is 0.350. The van der Waals surface area contributed by atoms with Crippen LogP contribution in [0.4, 0.5) is 5.82 Å². The number of hydrogen-bond acceptors (Lipinski definition) is 6. The second kappa shape index (κ2) is 7.15. The van der Waals surface area contributed by atoms with E-state index in [4.69, 9.17) is 9.72 Å². The number of piperidine rings is 1. The van der Waals surface area contributed by atoms with Crippen molar-refractivity contribution in [1.82, 2.24) is 9.97 Å². The van der Waals surface area contributed by atoms with Gasteiger partial charge in [-0.15, -0.1) is 11.3 Å². The third-order valence-electron chi connectivity index (χ3n) is 5.00. The van der Waals surface area contributed by atoms with E-state index in [2.05, 4.69) is 15.3 Å². The van der Waals surface area contributed by atoms with Gasteiger partial charge in [0.15, 0.2) is 0 Å². The molecule has 1 N–H and O–H groups in total. The molecule has 0 aliphatic carbocycles. The molecule has 1 fully saturated rings. The zero-order valence-electron chi connectivity index (χ0n) is 15.3. The molecule has 4 rings (SSSR count). The Morgan fingerprint density at radius 1 is 1.30 bits per heavy atom. The van der Waals surface area contributed by atoms with E-state index in [0.717, 1.165) is 45.9 Å². The number of aromatic nitrogens is 2. The quantitative estimate of drug-likeness (QED) is 0.735. The number of aryl methyl sites for hydroxylation is 1. The van der Waals surface area contributed by atoms with Crippen molar-refractivity contribution in [1.29, 1.82) is 0 Å². The minimum Gasteiger partial charge on any atom is -0.497 e. The lowest BCUT2D eigenvalue weighted by Gasteiger charge is -2.32. The summed E-state index contributed by atoms with van der Waals surface area (Å²) in [6, 6.07) is 7.93. The molecule has 0 saturated carbocycles. The van der Waals surface area contributed by atoms with Crippen molar-refractivity contribution < 1.29 is 14.6 Å². The van der Waals surface area contributed by atoms with Crippen LogP contribution in [0.3, 0.4) is 0 Å². The molecule has 1 atom stereocenters. The van der Waals surface area contributed by atoms with Gasteiger partial charge in [0.05, 0.1) is 18.4 Å². The Balaban J connectivity index is 1.82. The Morgan fingerprint density at radius 3 is 2.78 bits per heavy atom. The molecule has 0 radical (unpaired) electrons. The summed E-state index contributed by atoms with van der Waals surface area (Å²) >= 11 is 1.59. The highest BCUT2D eigenvalue weighted by Crippen LogP contribution is 2.39. The van der Waals surface area contributed by atoms with Crippen molar-refractivity contribution in [2.75, 3.05) is 25.1 Å². The normalized spacial score (nSPS) is 17.3. The second-order valence-electron chi connectivity index (χ2n) is 6.78. The fourth-order valence-electron chi connectivity index (χ4n) is 3.61. The van der Waals surface area contributed by atoms with Gasteiger partial charge in [-0.3, -0.25) is 4.79 Å². The monoisotopic (exact) mass is 383 g/mol. The minimum absolute atomic E-state index is 0.354. The Kier molecular flexibility index (Phi) is 4.70. The van der Waals surface area contributed by atoms with Crippen molar-refractivity contribution in [2.45, 2.75) is 19.8 Å². The van der Waals surface area contributed by atoms with Gasteiger partial charge in [-0.1, -0.05) is 12.1 Å². The van der Waals surface area contributed by atoms with Gasteiger partial charge in [-0.25, -0.2) is 9.97 Å². The first-order chi connectivity index (χ1) is 13.1. The minimum atomic E-state index is -0.734. The predicted molar refractivity (Wildman–Crippen MR) is 107 cm³/mol. The highest BCUT2D eigenvalue weighted by molar-refractivity contribution is 7.17. The number of carboxylic acid groups (broad SMARTS) is 1. The zero-order valence-corrected chi connectivity index (χ0v) is 16.1. The lowest BCUT2D eigenvalue weighted by molar-refractivity contribution is -0.141. The highest BCUT2D eigenvalue weighted by atomic mass is 32.1. The Hall–Kier alpha value is -2.67. The fourth-order valence-corrected chi connectivity index (χ4v) is 4.60. The molecule has 2 aromatic heterocycles. The third kappa shape index (κ3) is 3.35.